The lowest BCUT2D eigenvalue weighted by molar-refractivity contribution is 0.0600. The molecule has 1 heterocycles. The van der Waals surface area contributed by atoms with Gasteiger partial charge in [0.1, 0.15) is 5.75 Å². The first-order valence-corrected chi connectivity index (χ1v) is 7.48. The summed E-state index contributed by atoms with van der Waals surface area (Å²) in [5, 5.41) is 8.43. The number of methoxy groups -OCH3 is 1. The van der Waals surface area contributed by atoms with Crippen LogP contribution >= 0.6 is 0 Å². The first-order chi connectivity index (χ1) is 12.1. The standard InChI is InChI=1S/C18H15N3O4/c1-12-16(20-21(19-12)14-6-4-3-5-7-14)18(23)25-15-10-8-13(9-11-15)17(22)24-2/h3-11H,1-2H3. The average Bonchev–Trinajstić information content (AvgIpc) is 3.04. The van der Waals surface area contributed by atoms with E-state index in [0.29, 0.717) is 17.0 Å². The minimum atomic E-state index is -0.620. The highest BCUT2D eigenvalue weighted by Crippen LogP contribution is 2.16. The molecule has 0 amide bonds. The maximum absolute atomic E-state index is 12.3. The Balaban J connectivity index is 1.78. The first kappa shape index (κ1) is 16.4. The van der Waals surface area contributed by atoms with Gasteiger partial charge in [0, 0.05) is 0 Å². The molecule has 0 fully saturated rings. The van der Waals surface area contributed by atoms with Crippen molar-refractivity contribution in [1.82, 2.24) is 15.0 Å². The summed E-state index contributed by atoms with van der Waals surface area (Å²) >= 11 is 0. The van der Waals surface area contributed by atoms with Crippen LogP contribution in [0.3, 0.4) is 0 Å². The van der Waals surface area contributed by atoms with Gasteiger partial charge in [-0.25, -0.2) is 9.59 Å². The first-order valence-electron chi connectivity index (χ1n) is 7.48. The Hall–Kier alpha value is -3.48. The van der Waals surface area contributed by atoms with Crippen molar-refractivity contribution in [3.8, 4) is 11.4 Å². The minimum absolute atomic E-state index is 0.126. The quantitative estimate of drug-likeness (QED) is 0.537. The van der Waals surface area contributed by atoms with Crippen molar-refractivity contribution >= 4 is 11.9 Å². The van der Waals surface area contributed by atoms with E-state index in [-0.39, 0.29) is 5.69 Å². The van der Waals surface area contributed by atoms with Gasteiger partial charge in [-0.15, -0.1) is 5.10 Å². The number of hydrogen-bond acceptors (Lipinski definition) is 6. The molecule has 7 nitrogen and oxygen atoms in total. The zero-order chi connectivity index (χ0) is 17.8. The van der Waals surface area contributed by atoms with Crippen LogP contribution in [-0.4, -0.2) is 34.0 Å². The number of aryl methyl sites for hydroxylation is 1. The van der Waals surface area contributed by atoms with Crippen molar-refractivity contribution in [2.24, 2.45) is 0 Å². The summed E-state index contributed by atoms with van der Waals surface area (Å²) in [6.07, 6.45) is 0. The number of rotatable bonds is 4. The highest BCUT2D eigenvalue weighted by Gasteiger charge is 2.19. The molecule has 7 heteroatoms. The Morgan fingerprint density at radius 3 is 2.24 bits per heavy atom. The molecule has 0 aliphatic heterocycles. The summed E-state index contributed by atoms with van der Waals surface area (Å²) in [6, 6.07) is 15.3. The van der Waals surface area contributed by atoms with Crippen molar-refractivity contribution in [3.63, 3.8) is 0 Å². The number of esters is 2. The maximum Gasteiger partial charge on any atom is 0.366 e. The Bertz CT molecular complexity index is 902. The smallest absolute Gasteiger partial charge is 0.366 e. The molecule has 0 N–H and O–H groups in total. The molecule has 0 aliphatic rings. The van der Waals surface area contributed by atoms with Gasteiger partial charge in [0.15, 0.2) is 5.69 Å². The lowest BCUT2D eigenvalue weighted by Crippen LogP contribution is -2.11. The van der Waals surface area contributed by atoms with Gasteiger partial charge in [-0.05, 0) is 43.3 Å². The highest BCUT2D eigenvalue weighted by molar-refractivity contribution is 5.91. The van der Waals surface area contributed by atoms with Crippen molar-refractivity contribution in [2.75, 3.05) is 7.11 Å². The SMILES string of the molecule is COC(=O)c1ccc(OC(=O)c2nn(-c3ccccc3)nc2C)cc1. The van der Waals surface area contributed by atoms with Crippen LogP contribution in [-0.2, 0) is 4.74 Å². The predicted molar refractivity (Wildman–Crippen MR) is 88.8 cm³/mol. The molecule has 25 heavy (non-hydrogen) atoms. The summed E-state index contributed by atoms with van der Waals surface area (Å²) in [5.41, 5.74) is 1.70. The number of hydrogen-bond donors (Lipinski definition) is 0. The molecule has 0 unspecified atom stereocenters. The monoisotopic (exact) mass is 337 g/mol. The predicted octanol–water partition coefficient (Wildman–Crippen LogP) is 2.58. The minimum Gasteiger partial charge on any atom is -0.465 e. The van der Waals surface area contributed by atoms with E-state index in [1.165, 1.54) is 36.2 Å². The molecule has 0 saturated heterocycles. The molecule has 0 bridgehead atoms. The Morgan fingerprint density at radius 2 is 1.60 bits per heavy atom. The Morgan fingerprint density at radius 1 is 0.920 bits per heavy atom. The van der Waals surface area contributed by atoms with Gasteiger partial charge in [0.2, 0.25) is 0 Å². The lowest BCUT2D eigenvalue weighted by Gasteiger charge is -2.04. The van der Waals surface area contributed by atoms with E-state index in [2.05, 4.69) is 14.9 Å². The lowest BCUT2D eigenvalue weighted by atomic mass is 10.2. The fraction of sp³-hybridized carbons (Fsp3) is 0.111. The van der Waals surface area contributed by atoms with Crippen LogP contribution in [0.1, 0.15) is 26.5 Å². The van der Waals surface area contributed by atoms with Crippen LogP contribution in [0.25, 0.3) is 5.69 Å². The number of ether oxygens (including phenoxy) is 2. The third kappa shape index (κ3) is 3.55. The normalized spacial score (nSPS) is 10.3. The highest BCUT2D eigenvalue weighted by atomic mass is 16.5. The van der Waals surface area contributed by atoms with E-state index in [9.17, 15) is 9.59 Å². The van der Waals surface area contributed by atoms with Crippen molar-refractivity contribution in [3.05, 3.63) is 71.5 Å². The number of aromatic nitrogens is 3. The van der Waals surface area contributed by atoms with Crippen LogP contribution in [0.4, 0.5) is 0 Å². The molecule has 126 valence electrons. The van der Waals surface area contributed by atoms with Crippen molar-refractivity contribution in [2.45, 2.75) is 6.92 Å². The number of nitrogens with zero attached hydrogens (tertiary/aromatic N) is 3. The van der Waals surface area contributed by atoms with E-state index >= 15 is 0 Å². The molecule has 2 aromatic carbocycles. The number of carbonyl (C=O) groups excluding carboxylic acids is 2. The number of para-hydroxylation sites is 1. The Kier molecular flexibility index (Phi) is 4.56. The van der Waals surface area contributed by atoms with E-state index in [1.807, 2.05) is 30.3 Å². The van der Waals surface area contributed by atoms with Gasteiger partial charge in [-0.3, -0.25) is 0 Å². The van der Waals surface area contributed by atoms with Gasteiger partial charge in [-0.2, -0.15) is 9.90 Å². The van der Waals surface area contributed by atoms with E-state index in [4.69, 9.17) is 4.74 Å². The van der Waals surface area contributed by atoms with Gasteiger partial charge in [0.05, 0.1) is 24.1 Å². The molecule has 0 aliphatic carbocycles. The van der Waals surface area contributed by atoms with Crippen LogP contribution in [0.15, 0.2) is 54.6 Å². The largest absolute Gasteiger partial charge is 0.465 e. The molecule has 1 aromatic heterocycles. The maximum atomic E-state index is 12.3. The second-order valence-electron chi connectivity index (χ2n) is 5.16. The second-order valence-corrected chi connectivity index (χ2v) is 5.16. The van der Waals surface area contributed by atoms with Crippen LogP contribution in [0, 0.1) is 6.92 Å². The third-order valence-electron chi connectivity index (χ3n) is 3.45. The zero-order valence-corrected chi connectivity index (χ0v) is 13.7. The van der Waals surface area contributed by atoms with Gasteiger partial charge in [-0.1, -0.05) is 18.2 Å². The van der Waals surface area contributed by atoms with Crippen LogP contribution < -0.4 is 4.74 Å². The van der Waals surface area contributed by atoms with Crippen molar-refractivity contribution in [1.29, 1.82) is 0 Å². The molecule has 0 saturated carbocycles. The third-order valence-corrected chi connectivity index (χ3v) is 3.45. The molecule has 0 spiro atoms. The summed E-state index contributed by atoms with van der Waals surface area (Å²) in [6.45, 7) is 1.68. The fourth-order valence-electron chi connectivity index (χ4n) is 2.18. The molecule has 0 atom stereocenters. The summed E-state index contributed by atoms with van der Waals surface area (Å²) < 4.78 is 9.91. The second kappa shape index (κ2) is 6.96. The molecule has 3 aromatic rings. The number of benzene rings is 2. The Labute approximate surface area is 143 Å². The summed E-state index contributed by atoms with van der Waals surface area (Å²) in [4.78, 5) is 25.1. The molecular weight excluding hydrogens is 322 g/mol. The zero-order valence-electron chi connectivity index (χ0n) is 13.7. The van der Waals surface area contributed by atoms with Crippen LogP contribution in [0.5, 0.6) is 5.75 Å². The average molecular weight is 337 g/mol. The fourth-order valence-corrected chi connectivity index (χ4v) is 2.18. The van der Waals surface area contributed by atoms with E-state index in [1.54, 1.807) is 6.92 Å². The van der Waals surface area contributed by atoms with E-state index in [0.717, 1.165) is 5.69 Å². The van der Waals surface area contributed by atoms with Crippen molar-refractivity contribution < 1.29 is 19.1 Å². The number of carbonyl (C=O) groups is 2. The molecule has 3 rings (SSSR count). The topological polar surface area (TPSA) is 83.3 Å². The molecular formula is C18H15N3O4. The van der Waals surface area contributed by atoms with E-state index < -0.39 is 11.9 Å². The van der Waals surface area contributed by atoms with Gasteiger partial charge in [0.25, 0.3) is 0 Å². The summed E-state index contributed by atoms with van der Waals surface area (Å²) in [7, 11) is 1.30. The van der Waals surface area contributed by atoms with Gasteiger partial charge >= 0.3 is 11.9 Å². The summed E-state index contributed by atoms with van der Waals surface area (Å²) in [5.74, 6) is -0.781. The van der Waals surface area contributed by atoms with Crippen LogP contribution in [0.2, 0.25) is 0 Å². The molecule has 0 radical (unpaired) electrons. The van der Waals surface area contributed by atoms with Gasteiger partial charge < -0.3 is 9.47 Å².